The van der Waals surface area contributed by atoms with Gasteiger partial charge in [-0.05, 0) is 42.8 Å². The van der Waals surface area contributed by atoms with Crippen LogP contribution in [0.2, 0.25) is 0 Å². The molecule has 134 valence electrons. The van der Waals surface area contributed by atoms with Crippen LogP contribution < -0.4 is 10.2 Å². The molecule has 0 aliphatic carbocycles. The van der Waals surface area contributed by atoms with Gasteiger partial charge in [0, 0.05) is 24.7 Å². The van der Waals surface area contributed by atoms with E-state index in [1.807, 2.05) is 24.3 Å². The molecule has 2 aromatic carbocycles. The number of para-hydroxylation sites is 1. The van der Waals surface area contributed by atoms with Gasteiger partial charge in [0.25, 0.3) is 0 Å². The predicted molar refractivity (Wildman–Crippen MR) is 98.1 cm³/mol. The Morgan fingerprint density at radius 2 is 1.81 bits per heavy atom. The number of amides is 2. The molecule has 1 unspecified atom stereocenters. The molecule has 0 bridgehead atoms. The first kappa shape index (κ1) is 17.7. The molecule has 0 saturated carbocycles. The standard InChI is InChI=1S/C20H20N2O4/c1-3-26-20(25)14-8-10-16(11-9-14)21-19(24)18-12-15-6-4-5-7-17(15)22(18)13(2)23/h4-11,18H,3,12H2,1-2H3,(H,21,24). The largest absolute Gasteiger partial charge is 0.462 e. The third kappa shape index (κ3) is 3.44. The number of esters is 1. The van der Waals surface area contributed by atoms with Gasteiger partial charge in [-0.25, -0.2) is 4.79 Å². The Morgan fingerprint density at radius 1 is 1.12 bits per heavy atom. The van der Waals surface area contributed by atoms with Crippen molar-refractivity contribution in [2.45, 2.75) is 26.3 Å². The van der Waals surface area contributed by atoms with Crippen molar-refractivity contribution < 1.29 is 19.1 Å². The molecule has 6 nitrogen and oxygen atoms in total. The van der Waals surface area contributed by atoms with Crippen LogP contribution in [0.1, 0.15) is 29.8 Å². The van der Waals surface area contributed by atoms with Gasteiger partial charge in [-0.1, -0.05) is 18.2 Å². The van der Waals surface area contributed by atoms with E-state index in [4.69, 9.17) is 4.74 Å². The van der Waals surface area contributed by atoms with Crippen LogP contribution in [0.25, 0.3) is 0 Å². The summed E-state index contributed by atoms with van der Waals surface area (Å²) >= 11 is 0. The zero-order valence-electron chi connectivity index (χ0n) is 14.7. The van der Waals surface area contributed by atoms with Crippen molar-refractivity contribution in [2.24, 2.45) is 0 Å². The van der Waals surface area contributed by atoms with E-state index in [0.717, 1.165) is 11.3 Å². The number of carbonyl (C=O) groups is 3. The average molecular weight is 352 g/mol. The van der Waals surface area contributed by atoms with Crippen LogP contribution in [0.5, 0.6) is 0 Å². The summed E-state index contributed by atoms with van der Waals surface area (Å²) in [6.45, 7) is 3.50. The molecular formula is C20H20N2O4. The molecule has 2 amide bonds. The van der Waals surface area contributed by atoms with E-state index in [1.54, 1.807) is 31.2 Å². The van der Waals surface area contributed by atoms with Crippen LogP contribution in [0.4, 0.5) is 11.4 Å². The monoisotopic (exact) mass is 352 g/mol. The molecule has 6 heteroatoms. The molecule has 1 N–H and O–H groups in total. The van der Waals surface area contributed by atoms with Crippen molar-refractivity contribution >= 4 is 29.2 Å². The Balaban J connectivity index is 1.74. The number of carbonyl (C=O) groups excluding carboxylic acids is 3. The maximum atomic E-state index is 12.7. The number of hydrogen-bond donors (Lipinski definition) is 1. The maximum absolute atomic E-state index is 12.7. The quantitative estimate of drug-likeness (QED) is 0.859. The van der Waals surface area contributed by atoms with Crippen molar-refractivity contribution in [2.75, 3.05) is 16.8 Å². The van der Waals surface area contributed by atoms with Gasteiger partial charge in [-0.15, -0.1) is 0 Å². The first-order valence-corrected chi connectivity index (χ1v) is 8.47. The fraction of sp³-hybridized carbons (Fsp3) is 0.250. The van der Waals surface area contributed by atoms with Gasteiger partial charge in [0.1, 0.15) is 6.04 Å². The number of ether oxygens (including phenoxy) is 1. The number of nitrogens with zero attached hydrogens (tertiary/aromatic N) is 1. The number of rotatable bonds is 4. The highest BCUT2D eigenvalue weighted by atomic mass is 16.5. The second-order valence-electron chi connectivity index (χ2n) is 6.02. The molecule has 1 aliphatic rings. The molecule has 26 heavy (non-hydrogen) atoms. The van der Waals surface area contributed by atoms with E-state index < -0.39 is 12.0 Å². The second-order valence-corrected chi connectivity index (χ2v) is 6.02. The smallest absolute Gasteiger partial charge is 0.338 e. The molecule has 1 aliphatic heterocycles. The van der Waals surface area contributed by atoms with Crippen molar-refractivity contribution in [3.63, 3.8) is 0 Å². The highest BCUT2D eigenvalue weighted by Crippen LogP contribution is 2.32. The minimum Gasteiger partial charge on any atom is -0.462 e. The van der Waals surface area contributed by atoms with E-state index in [1.165, 1.54) is 11.8 Å². The summed E-state index contributed by atoms with van der Waals surface area (Å²) in [4.78, 5) is 38.0. The Kier molecular flexibility index (Phi) is 5.02. The van der Waals surface area contributed by atoms with Crippen LogP contribution in [0.3, 0.4) is 0 Å². The van der Waals surface area contributed by atoms with E-state index in [9.17, 15) is 14.4 Å². The van der Waals surface area contributed by atoms with Crippen molar-refractivity contribution in [3.8, 4) is 0 Å². The van der Waals surface area contributed by atoms with E-state index in [0.29, 0.717) is 24.3 Å². The summed E-state index contributed by atoms with van der Waals surface area (Å²) in [5.41, 5.74) is 2.73. The van der Waals surface area contributed by atoms with Gasteiger partial charge in [0.2, 0.25) is 11.8 Å². The SMILES string of the molecule is CCOC(=O)c1ccc(NC(=O)C2Cc3ccccc3N2C(C)=O)cc1. The lowest BCUT2D eigenvalue weighted by atomic mass is 10.1. The van der Waals surface area contributed by atoms with Crippen LogP contribution >= 0.6 is 0 Å². The molecule has 1 atom stereocenters. The molecule has 0 fully saturated rings. The molecule has 0 radical (unpaired) electrons. The first-order valence-electron chi connectivity index (χ1n) is 8.47. The van der Waals surface area contributed by atoms with Gasteiger partial charge in [-0.3, -0.25) is 14.5 Å². The van der Waals surface area contributed by atoms with E-state index in [2.05, 4.69) is 5.32 Å². The van der Waals surface area contributed by atoms with Crippen molar-refractivity contribution in [3.05, 3.63) is 59.7 Å². The number of benzene rings is 2. The Labute approximate surface area is 151 Å². The first-order chi connectivity index (χ1) is 12.5. The van der Waals surface area contributed by atoms with Gasteiger partial charge < -0.3 is 10.1 Å². The van der Waals surface area contributed by atoms with Gasteiger partial charge in [0.05, 0.1) is 12.2 Å². The molecular weight excluding hydrogens is 332 g/mol. The fourth-order valence-electron chi connectivity index (χ4n) is 3.11. The van der Waals surface area contributed by atoms with Crippen LogP contribution in [0.15, 0.2) is 48.5 Å². The highest BCUT2D eigenvalue weighted by molar-refractivity contribution is 6.06. The number of nitrogens with one attached hydrogen (secondary N) is 1. The third-order valence-corrected chi connectivity index (χ3v) is 4.28. The molecule has 0 saturated heterocycles. The van der Waals surface area contributed by atoms with Crippen molar-refractivity contribution in [1.82, 2.24) is 0 Å². The third-order valence-electron chi connectivity index (χ3n) is 4.28. The van der Waals surface area contributed by atoms with E-state index >= 15 is 0 Å². The number of fused-ring (bicyclic) bond motifs is 1. The summed E-state index contributed by atoms with van der Waals surface area (Å²) in [6.07, 6.45) is 0.475. The summed E-state index contributed by atoms with van der Waals surface area (Å²) in [7, 11) is 0. The second kappa shape index (κ2) is 7.39. The Bertz CT molecular complexity index is 845. The summed E-state index contributed by atoms with van der Waals surface area (Å²) in [5, 5.41) is 2.82. The van der Waals surface area contributed by atoms with Crippen LogP contribution in [-0.4, -0.2) is 30.4 Å². The fourth-order valence-corrected chi connectivity index (χ4v) is 3.11. The Morgan fingerprint density at radius 3 is 2.46 bits per heavy atom. The lowest BCUT2D eigenvalue weighted by Crippen LogP contribution is -2.44. The summed E-state index contributed by atoms with van der Waals surface area (Å²) in [6, 6.07) is 13.4. The normalized spacial score (nSPS) is 15.3. The molecule has 3 rings (SSSR count). The maximum Gasteiger partial charge on any atom is 0.338 e. The summed E-state index contributed by atoms with van der Waals surface area (Å²) in [5.74, 6) is -0.840. The average Bonchev–Trinajstić information content (AvgIpc) is 3.02. The highest BCUT2D eigenvalue weighted by Gasteiger charge is 2.36. The number of hydrogen-bond acceptors (Lipinski definition) is 4. The van der Waals surface area contributed by atoms with E-state index in [-0.39, 0.29) is 11.8 Å². The molecule has 1 heterocycles. The van der Waals surface area contributed by atoms with Gasteiger partial charge in [0.15, 0.2) is 0 Å². The molecule has 0 aromatic heterocycles. The van der Waals surface area contributed by atoms with Crippen LogP contribution in [0, 0.1) is 0 Å². The van der Waals surface area contributed by atoms with Gasteiger partial charge >= 0.3 is 5.97 Å². The minimum absolute atomic E-state index is 0.173. The number of anilines is 2. The molecule has 2 aromatic rings. The molecule has 0 spiro atoms. The van der Waals surface area contributed by atoms with Crippen molar-refractivity contribution in [1.29, 1.82) is 0 Å². The zero-order valence-corrected chi connectivity index (χ0v) is 14.7. The van der Waals surface area contributed by atoms with Gasteiger partial charge in [-0.2, -0.15) is 0 Å². The minimum atomic E-state index is -0.588. The predicted octanol–water partition coefficient (Wildman–Crippen LogP) is 2.78. The Hall–Kier alpha value is -3.15. The lowest BCUT2D eigenvalue weighted by molar-refractivity contribution is -0.122. The topological polar surface area (TPSA) is 75.7 Å². The van der Waals surface area contributed by atoms with Crippen LogP contribution in [-0.2, 0) is 20.7 Å². The summed E-state index contributed by atoms with van der Waals surface area (Å²) < 4.78 is 4.94. The lowest BCUT2D eigenvalue weighted by Gasteiger charge is -2.23. The zero-order chi connectivity index (χ0) is 18.7.